The van der Waals surface area contributed by atoms with Gasteiger partial charge in [-0.25, -0.2) is 0 Å². The molecule has 0 saturated carbocycles. The molecule has 0 aliphatic carbocycles. The van der Waals surface area contributed by atoms with Crippen molar-refractivity contribution in [1.29, 1.82) is 0 Å². The fraction of sp³-hybridized carbons (Fsp3) is 0.364. The third kappa shape index (κ3) is 4.94. The van der Waals surface area contributed by atoms with Gasteiger partial charge in [-0.15, -0.1) is 0 Å². The highest BCUT2D eigenvalue weighted by atomic mass is 16.6. The van der Waals surface area contributed by atoms with Gasteiger partial charge < -0.3 is 19.7 Å². The van der Waals surface area contributed by atoms with E-state index in [1.165, 1.54) is 11.0 Å². The number of hydrogen-bond donors (Lipinski definition) is 1. The molecule has 8 nitrogen and oxygen atoms in total. The van der Waals surface area contributed by atoms with Gasteiger partial charge in [0.25, 0.3) is 5.69 Å². The van der Waals surface area contributed by atoms with Crippen molar-refractivity contribution in [2.75, 3.05) is 11.9 Å². The van der Waals surface area contributed by atoms with Gasteiger partial charge in [-0.1, -0.05) is 24.3 Å². The maximum absolute atomic E-state index is 13.1. The lowest BCUT2D eigenvalue weighted by Crippen LogP contribution is -2.42. The van der Waals surface area contributed by atoms with E-state index in [-0.39, 0.29) is 30.3 Å². The fourth-order valence-electron chi connectivity index (χ4n) is 3.44. The average Bonchev–Trinajstić information content (AvgIpc) is 2.79. The molecule has 0 saturated heterocycles. The van der Waals surface area contributed by atoms with E-state index in [2.05, 4.69) is 5.32 Å². The van der Waals surface area contributed by atoms with E-state index in [1.54, 1.807) is 12.1 Å². The first-order valence-corrected chi connectivity index (χ1v) is 9.71. The Labute approximate surface area is 175 Å². The molecule has 1 atom stereocenters. The lowest BCUT2D eigenvalue weighted by atomic mass is 10.0. The van der Waals surface area contributed by atoms with Gasteiger partial charge in [-0.2, -0.15) is 0 Å². The first kappa shape index (κ1) is 21.3. The van der Waals surface area contributed by atoms with Crippen molar-refractivity contribution >= 4 is 23.6 Å². The second-order valence-corrected chi connectivity index (χ2v) is 8.21. The van der Waals surface area contributed by atoms with Gasteiger partial charge in [-0.3, -0.25) is 14.9 Å². The number of benzene rings is 2. The van der Waals surface area contributed by atoms with Crippen molar-refractivity contribution in [3.05, 3.63) is 63.7 Å². The zero-order valence-electron chi connectivity index (χ0n) is 17.3. The molecular weight excluding hydrogens is 386 g/mol. The Hall–Kier alpha value is -3.42. The number of aldehydes is 1. The number of nitrogens with one attached hydrogen (secondary N) is 1. The smallest absolute Gasteiger partial charge is 0.292 e. The van der Waals surface area contributed by atoms with Gasteiger partial charge in [0.2, 0.25) is 5.91 Å². The molecule has 158 valence electrons. The predicted molar refractivity (Wildman–Crippen MR) is 113 cm³/mol. The number of anilines is 1. The predicted octanol–water partition coefficient (Wildman–Crippen LogP) is 3.34. The molecule has 1 amide bonds. The van der Waals surface area contributed by atoms with Crippen LogP contribution in [0.3, 0.4) is 0 Å². The van der Waals surface area contributed by atoms with E-state index in [0.29, 0.717) is 24.0 Å². The van der Waals surface area contributed by atoms with E-state index in [4.69, 9.17) is 4.74 Å². The number of fused-ring (bicyclic) bond motifs is 1. The first-order chi connectivity index (χ1) is 14.2. The van der Waals surface area contributed by atoms with E-state index in [0.717, 1.165) is 11.3 Å². The molecule has 0 fully saturated rings. The maximum Gasteiger partial charge on any atom is 0.292 e. The molecule has 2 aromatic carbocycles. The van der Waals surface area contributed by atoms with Crippen molar-refractivity contribution < 1.29 is 19.2 Å². The monoisotopic (exact) mass is 411 g/mol. The van der Waals surface area contributed by atoms with Gasteiger partial charge in [-0.05, 0) is 38.5 Å². The van der Waals surface area contributed by atoms with Crippen molar-refractivity contribution in [1.82, 2.24) is 4.90 Å². The first-order valence-electron chi connectivity index (χ1n) is 9.71. The van der Waals surface area contributed by atoms with E-state index >= 15 is 0 Å². The van der Waals surface area contributed by atoms with Gasteiger partial charge in [0.05, 0.1) is 11.5 Å². The lowest BCUT2D eigenvalue weighted by molar-refractivity contribution is -0.384. The Bertz CT molecular complexity index is 950. The molecule has 1 N–H and O–H groups in total. The molecule has 0 aromatic heterocycles. The number of para-hydroxylation sites is 1. The van der Waals surface area contributed by atoms with Gasteiger partial charge in [0.1, 0.15) is 29.4 Å². The zero-order valence-corrected chi connectivity index (χ0v) is 17.3. The molecule has 0 unspecified atom stereocenters. The number of nitro benzene ring substituents is 1. The summed E-state index contributed by atoms with van der Waals surface area (Å²) >= 11 is 0. The minimum atomic E-state index is -0.735. The second-order valence-electron chi connectivity index (χ2n) is 8.21. The average molecular weight is 411 g/mol. The highest BCUT2D eigenvalue weighted by molar-refractivity contribution is 5.89. The summed E-state index contributed by atoms with van der Waals surface area (Å²) in [4.78, 5) is 36.6. The number of rotatable bonds is 6. The van der Waals surface area contributed by atoms with Crippen LogP contribution in [0.25, 0.3) is 0 Å². The highest BCUT2D eigenvalue weighted by Gasteiger charge is 2.32. The molecule has 3 rings (SSSR count). The Morgan fingerprint density at radius 1 is 1.23 bits per heavy atom. The van der Waals surface area contributed by atoms with Crippen LogP contribution in [0.4, 0.5) is 11.4 Å². The number of nitro groups is 1. The molecule has 1 aliphatic heterocycles. The van der Waals surface area contributed by atoms with Crippen LogP contribution in [-0.2, 0) is 22.6 Å². The number of hydrogen-bond acceptors (Lipinski definition) is 6. The van der Waals surface area contributed by atoms with Crippen molar-refractivity contribution in [3.8, 4) is 5.75 Å². The summed E-state index contributed by atoms with van der Waals surface area (Å²) < 4.78 is 5.82. The highest BCUT2D eigenvalue weighted by Crippen LogP contribution is 2.33. The van der Waals surface area contributed by atoms with Gasteiger partial charge in [0.15, 0.2) is 0 Å². The number of amides is 1. The Balaban J connectivity index is 1.90. The van der Waals surface area contributed by atoms with Crippen molar-refractivity contribution in [2.45, 2.75) is 45.4 Å². The quantitative estimate of drug-likeness (QED) is 0.444. The third-order valence-corrected chi connectivity index (χ3v) is 4.70. The normalized spacial score (nSPS) is 16.3. The van der Waals surface area contributed by atoms with Crippen molar-refractivity contribution in [2.24, 2.45) is 0 Å². The molecule has 30 heavy (non-hydrogen) atoms. The molecule has 0 radical (unpaired) electrons. The second kappa shape index (κ2) is 8.52. The standard InChI is InChI=1S/C22H25N3O5/c1-22(2,3)30-17-9-7-15(8-10-17)13-18-21(27)24(11-12-26)14-16-5-4-6-19(25(28)29)20(16)23-18/h4-10,12,18,23H,11,13-14H2,1-3H3/t18-/m0/s1. The summed E-state index contributed by atoms with van der Waals surface area (Å²) in [6.07, 6.45) is 0.978. The lowest BCUT2D eigenvalue weighted by Gasteiger charge is -2.23. The van der Waals surface area contributed by atoms with Crippen molar-refractivity contribution in [3.63, 3.8) is 0 Å². The topological polar surface area (TPSA) is 102 Å². The molecule has 8 heteroatoms. The molecule has 1 heterocycles. The molecule has 1 aliphatic rings. The minimum absolute atomic E-state index is 0.0719. The molecule has 0 spiro atoms. The number of ether oxygens (including phenoxy) is 1. The Kier molecular flexibility index (Phi) is 6.05. The van der Waals surface area contributed by atoms with Crippen LogP contribution in [0.1, 0.15) is 31.9 Å². The van der Waals surface area contributed by atoms with E-state index in [1.807, 2.05) is 45.0 Å². The summed E-state index contributed by atoms with van der Waals surface area (Å²) in [6, 6.07) is 11.4. The van der Waals surface area contributed by atoms with Gasteiger partial charge in [0, 0.05) is 24.6 Å². The molecular formula is C22H25N3O5. The van der Waals surface area contributed by atoms with Crippen LogP contribution in [-0.4, -0.2) is 40.2 Å². The SMILES string of the molecule is CC(C)(C)Oc1ccc(C[C@@H]2Nc3c(cccc3[N+](=O)[O-])CN(CC=O)C2=O)cc1. The number of nitrogens with zero attached hydrogens (tertiary/aromatic N) is 2. The third-order valence-electron chi connectivity index (χ3n) is 4.70. The summed E-state index contributed by atoms with van der Waals surface area (Å²) in [6.45, 7) is 5.94. The largest absolute Gasteiger partial charge is 0.488 e. The van der Waals surface area contributed by atoms with Crippen LogP contribution < -0.4 is 10.1 Å². The van der Waals surface area contributed by atoms with Gasteiger partial charge >= 0.3 is 0 Å². The minimum Gasteiger partial charge on any atom is -0.488 e. The number of carbonyl (C=O) groups is 2. The van der Waals surface area contributed by atoms with Crippen LogP contribution in [0.5, 0.6) is 5.75 Å². The van der Waals surface area contributed by atoms with E-state index in [9.17, 15) is 19.7 Å². The Morgan fingerprint density at radius 2 is 1.93 bits per heavy atom. The van der Waals surface area contributed by atoms with Crippen LogP contribution >= 0.6 is 0 Å². The number of carbonyl (C=O) groups excluding carboxylic acids is 2. The summed E-state index contributed by atoms with van der Waals surface area (Å²) in [5.41, 5.74) is 1.39. The summed E-state index contributed by atoms with van der Waals surface area (Å²) in [5.74, 6) is 0.442. The Morgan fingerprint density at radius 3 is 2.53 bits per heavy atom. The zero-order chi connectivity index (χ0) is 21.9. The summed E-state index contributed by atoms with van der Waals surface area (Å²) in [5, 5.41) is 14.6. The van der Waals surface area contributed by atoms with E-state index < -0.39 is 11.0 Å². The van der Waals surface area contributed by atoms with Crippen LogP contribution in [0, 0.1) is 10.1 Å². The molecule has 2 aromatic rings. The van der Waals surface area contributed by atoms with Crippen LogP contribution in [0.15, 0.2) is 42.5 Å². The fourth-order valence-corrected chi connectivity index (χ4v) is 3.44. The summed E-state index contributed by atoms with van der Waals surface area (Å²) in [7, 11) is 0. The van der Waals surface area contributed by atoms with Crippen LogP contribution in [0.2, 0.25) is 0 Å². The maximum atomic E-state index is 13.1. The molecule has 0 bridgehead atoms.